The largest absolute Gasteiger partial charge is 0.321 e. The monoisotopic (exact) mass is 458 g/mol. The van der Waals surface area contributed by atoms with Crippen molar-refractivity contribution in [1.82, 2.24) is 14.5 Å². The summed E-state index contributed by atoms with van der Waals surface area (Å²) in [6.45, 7) is 0.864. The number of imidazole rings is 1. The van der Waals surface area contributed by atoms with Crippen LogP contribution in [0.3, 0.4) is 0 Å². The SMILES string of the molecule is CCc1ccccc1N(C(C)=O)c1nc(CSc2nc3ccccc3n2C(F)F)cs1. The minimum atomic E-state index is -2.68. The summed E-state index contributed by atoms with van der Waals surface area (Å²) < 4.78 is 28.2. The molecule has 160 valence electrons. The topological polar surface area (TPSA) is 51.0 Å². The maximum Gasteiger partial charge on any atom is 0.321 e. The Morgan fingerprint density at radius 3 is 2.65 bits per heavy atom. The first-order valence-corrected chi connectivity index (χ1v) is 11.6. The molecule has 2 aromatic heterocycles. The van der Waals surface area contributed by atoms with Crippen LogP contribution in [0.1, 0.15) is 31.7 Å². The van der Waals surface area contributed by atoms with Gasteiger partial charge in [-0.25, -0.2) is 9.97 Å². The standard InChI is InChI=1S/C22H20F2N4OS2/c1-3-15-8-4-6-10-18(15)27(14(2)29)21-25-16(12-30-21)13-31-22-26-17-9-5-7-11-19(17)28(22)20(23)24/h4-12,20H,3,13H2,1-2H3. The fourth-order valence-electron chi connectivity index (χ4n) is 3.35. The Kier molecular flexibility index (Phi) is 6.33. The van der Waals surface area contributed by atoms with Gasteiger partial charge in [-0.15, -0.1) is 11.3 Å². The van der Waals surface area contributed by atoms with Crippen LogP contribution in [-0.2, 0) is 17.0 Å². The van der Waals surface area contributed by atoms with Crippen LogP contribution in [0, 0.1) is 0 Å². The maximum atomic E-state index is 13.6. The second-order valence-electron chi connectivity index (χ2n) is 6.78. The lowest BCUT2D eigenvalue weighted by Gasteiger charge is -2.20. The predicted molar refractivity (Wildman–Crippen MR) is 121 cm³/mol. The summed E-state index contributed by atoms with van der Waals surface area (Å²) in [7, 11) is 0. The molecule has 31 heavy (non-hydrogen) atoms. The maximum absolute atomic E-state index is 13.6. The van der Waals surface area contributed by atoms with E-state index in [0.717, 1.165) is 22.2 Å². The summed E-state index contributed by atoms with van der Waals surface area (Å²) in [5.41, 5.74) is 3.50. The fourth-order valence-corrected chi connectivity index (χ4v) is 5.24. The van der Waals surface area contributed by atoms with Gasteiger partial charge in [0.1, 0.15) is 0 Å². The van der Waals surface area contributed by atoms with Gasteiger partial charge < -0.3 is 0 Å². The molecule has 0 saturated carbocycles. The van der Waals surface area contributed by atoms with Crippen LogP contribution in [0.25, 0.3) is 11.0 Å². The number of carbonyl (C=O) groups excluding carboxylic acids is 1. The Morgan fingerprint density at radius 2 is 1.90 bits per heavy atom. The van der Waals surface area contributed by atoms with Gasteiger partial charge in [-0.1, -0.05) is 49.0 Å². The van der Waals surface area contributed by atoms with Crippen LogP contribution >= 0.6 is 23.1 Å². The van der Waals surface area contributed by atoms with Crippen molar-refractivity contribution in [2.75, 3.05) is 4.90 Å². The van der Waals surface area contributed by atoms with Crippen LogP contribution in [0.2, 0.25) is 0 Å². The van der Waals surface area contributed by atoms with Gasteiger partial charge in [0, 0.05) is 18.1 Å². The van der Waals surface area contributed by atoms with Gasteiger partial charge in [-0.05, 0) is 30.2 Å². The molecule has 0 aliphatic carbocycles. The number of hydrogen-bond donors (Lipinski definition) is 0. The number of anilines is 2. The Morgan fingerprint density at radius 1 is 1.16 bits per heavy atom. The molecule has 0 bridgehead atoms. The van der Waals surface area contributed by atoms with E-state index >= 15 is 0 Å². The summed E-state index contributed by atoms with van der Waals surface area (Å²) in [5.74, 6) is 0.238. The Bertz CT molecular complexity index is 1220. The van der Waals surface area contributed by atoms with Gasteiger partial charge in [-0.2, -0.15) is 8.78 Å². The summed E-state index contributed by atoms with van der Waals surface area (Å²) in [6.07, 6.45) is 0.790. The van der Waals surface area contributed by atoms with Crippen LogP contribution in [0.5, 0.6) is 0 Å². The third-order valence-corrected chi connectivity index (χ3v) is 6.63. The van der Waals surface area contributed by atoms with Gasteiger partial charge >= 0.3 is 6.55 Å². The molecule has 4 rings (SSSR count). The third-order valence-electron chi connectivity index (χ3n) is 4.77. The zero-order chi connectivity index (χ0) is 22.0. The zero-order valence-corrected chi connectivity index (χ0v) is 18.6. The van der Waals surface area contributed by atoms with Crippen molar-refractivity contribution in [2.45, 2.75) is 37.7 Å². The van der Waals surface area contributed by atoms with Crippen molar-refractivity contribution in [3.63, 3.8) is 0 Å². The van der Waals surface area contributed by atoms with Gasteiger partial charge in [0.05, 0.1) is 22.4 Å². The minimum Gasteiger partial charge on any atom is -0.274 e. The molecule has 0 aliphatic heterocycles. The number of hydrogen-bond acceptors (Lipinski definition) is 5. The molecule has 0 aliphatic rings. The van der Waals surface area contributed by atoms with Gasteiger partial charge in [0.15, 0.2) is 10.3 Å². The average Bonchev–Trinajstić information content (AvgIpc) is 3.36. The number of carbonyl (C=O) groups is 1. The molecule has 5 nitrogen and oxygen atoms in total. The van der Waals surface area contributed by atoms with Gasteiger partial charge in [0.2, 0.25) is 5.91 Å². The first-order valence-electron chi connectivity index (χ1n) is 9.70. The number of halogens is 2. The first-order chi connectivity index (χ1) is 15.0. The third kappa shape index (κ3) is 4.33. The number of nitrogens with zero attached hydrogens (tertiary/aromatic N) is 4. The normalized spacial score (nSPS) is 11.4. The average molecular weight is 459 g/mol. The summed E-state index contributed by atoms with van der Waals surface area (Å²) in [6, 6.07) is 14.6. The second kappa shape index (κ2) is 9.15. The molecule has 2 aromatic carbocycles. The number of amides is 1. The first kappa shape index (κ1) is 21.5. The van der Waals surface area contributed by atoms with E-state index in [9.17, 15) is 13.6 Å². The number of thioether (sulfide) groups is 1. The molecule has 0 unspecified atom stereocenters. The minimum absolute atomic E-state index is 0.131. The highest BCUT2D eigenvalue weighted by molar-refractivity contribution is 7.98. The van der Waals surface area contributed by atoms with E-state index in [1.165, 1.54) is 30.0 Å². The van der Waals surface area contributed by atoms with Crippen molar-refractivity contribution in [3.8, 4) is 0 Å². The smallest absolute Gasteiger partial charge is 0.274 e. The number of para-hydroxylation sites is 3. The summed E-state index contributed by atoms with van der Waals surface area (Å²) >= 11 is 2.56. The predicted octanol–water partition coefficient (Wildman–Crippen LogP) is 6.43. The van der Waals surface area contributed by atoms with Crippen molar-refractivity contribution in [3.05, 3.63) is 65.2 Å². The summed E-state index contributed by atoms with van der Waals surface area (Å²) in [5, 5.41) is 2.65. The molecule has 4 aromatic rings. The zero-order valence-electron chi connectivity index (χ0n) is 17.0. The lowest BCUT2D eigenvalue weighted by atomic mass is 10.1. The quantitative estimate of drug-likeness (QED) is 0.300. The van der Waals surface area contributed by atoms with Gasteiger partial charge in [-0.3, -0.25) is 14.3 Å². The number of alkyl halides is 2. The Balaban J connectivity index is 1.59. The lowest BCUT2D eigenvalue weighted by Crippen LogP contribution is -2.23. The molecule has 9 heteroatoms. The number of benzene rings is 2. The highest BCUT2D eigenvalue weighted by Crippen LogP contribution is 2.34. The number of fused-ring (bicyclic) bond motifs is 1. The van der Waals surface area contributed by atoms with E-state index in [2.05, 4.69) is 9.97 Å². The van der Waals surface area contributed by atoms with E-state index in [0.29, 0.717) is 27.6 Å². The molecule has 0 saturated heterocycles. The number of aromatic nitrogens is 3. The fraction of sp³-hybridized carbons (Fsp3) is 0.227. The highest BCUT2D eigenvalue weighted by Gasteiger charge is 2.21. The van der Waals surface area contributed by atoms with Crippen molar-refractivity contribution in [2.24, 2.45) is 0 Å². The molecule has 0 atom stereocenters. The number of thiazole rings is 1. The Hall–Kier alpha value is -2.78. The molecule has 1 amide bonds. The molecular weight excluding hydrogens is 438 g/mol. The van der Waals surface area contributed by atoms with Crippen molar-refractivity contribution < 1.29 is 13.6 Å². The van der Waals surface area contributed by atoms with Gasteiger partial charge in [0.25, 0.3) is 0 Å². The van der Waals surface area contributed by atoms with Crippen molar-refractivity contribution in [1.29, 1.82) is 0 Å². The number of rotatable bonds is 7. The van der Waals surface area contributed by atoms with Crippen LogP contribution in [0.15, 0.2) is 59.1 Å². The van der Waals surface area contributed by atoms with E-state index in [1.54, 1.807) is 29.2 Å². The number of aryl methyl sites for hydroxylation is 1. The van der Waals surface area contributed by atoms with Crippen LogP contribution in [0.4, 0.5) is 19.6 Å². The molecule has 0 spiro atoms. The van der Waals surface area contributed by atoms with E-state index < -0.39 is 6.55 Å². The molecular formula is C22H20F2N4OS2. The van der Waals surface area contributed by atoms with E-state index in [-0.39, 0.29) is 11.1 Å². The molecule has 2 heterocycles. The van der Waals surface area contributed by atoms with Crippen LogP contribution < -0.4 is 4.90 Å². The van der Waals surface area contributed by atoms with Crippen LogP contribution in [-0.4, -0.2) is 20.4 Å². The van der Waals surface area contributed by atoms with Crippen molar-refractivity contribution >= 4 is 50.9 Å². The molecule has 0 radical (unpaired) electrons. The highest BCUT2D eigenvalue weighted by atomic mass is 32.2. The lowest BCUT2D eigenvalue weighted by molar-refractivity contribution is -0.115. The summed E-state index contributed by atoms with van der Waals surface area (Å²) in [4.78, 5) is 23.0. The van der Waals surface area contributed by atoms with E-state index in [4.69, 9.17) is 0 Å². The Labute approximate surface area is 186 Å². The second-order valence-corrected chi connectivity index (χ2v) is 8.56. The molecule has 0 fully saturated rings. The van der Waals surface area contributed by atoms with E-state index in [1.807, 2.05) is 36.6 Å². The molecule has 0 N–H and O–H groups in total.